The number of methoxy groups -OCH3 is 1. The lowest BCUT2D eigenvalue weighted by molar-refractivity contribution is 0.184. The van der Waals surface area contributed by atoms with E-state index in [-0.39, 0.29) is 24.3 Å². The van der Waals surface area contributed by atoms with Crippen molar-refractivity contribution in [1.29, 1.82) is 0 Å². The molecule has 2 nitrogen and oxygen atoms in total. The summed E-state index contributed by atoms with van der Waals surface area (Å²) in [5, 5.41) is 0. The van der Waals surface area contributed by atoms with Crippen molar-refractivity contribution >= 4 is 12.4 Å². The zero-order valence-corrected chi connectivity index (χ0v) is 9.10. The molecule has 0 radical (unpaired) electrons. The zero-order valence-electron chi connectivity index (χ0n) is 8.29. The number of halogens is 2. The third kappa shape index (κ3) is 3.25. The van der Waals surface area contributed by atoms with Gasteiger partial charge in [0.05, 0.1) is 6.61 Å². The first kappa shape index (κ1) is 13.4. The van der Waals surface area contributed by atoms with Crippen molar-refractivity contribution < 1.29 is 9.13 Å². The molecule has 80 valence electrons. The van der Waals surface area contributed by atoms with Crippen LogP contribution in [0.5, 0.6) is 0 Å². The van der Waals surface area contributed by atoms with Crippen LogP contribution in [0, 0.1) is 5.82 Å². The van der Waals surface area contributed by atoms with Crippen molar-refractivity contribution in [3.05, 3.63) is 35.1 Å². The number of ether oxygens (including phenoxy) is 1. The highest BCUT2D eigenvalue weighted by atomic mass is 35.5. The van der Waals surface area contributed by atoms with Crippen molar-refractivity contribution in [3.63, 3.8) is 0 Å². The average Bonchev–Trinajstić information content (AvgIpc) is 2.08. The van der Waals surface area contributed by atoms with Crippen LogP contribution in [0.3, 0.4) is 0 Å². The van der Waals surface area contributed by atoms with Gasteiger partial charge >= 0.3 is 0 Å². The molecule has 1 atom stereocenters. The molecule has 0 unspecified atom stereocenters. The minimum absolute atomic E-state index is 0. The van der Waals surface area contributed by atoms with Crippen molar-refractivity contribution in [3.8, 4) is 0 Å². The fourth-order valence-corrected chi connectivity index (χ4v) is 1.20. The van der Waals surface area contributed by atoms with E-state index in [0.717, 1.165) is 5.56 Å². The van der Waals surface area contributed by atoms with Crippen LogP contribution in [-0.2, 0) is 11.3 Å². The van der Waals surface area contributed by atoms with Crippen LogP contribution in [0.25, 0.3) is 0 Å². The Kier molecular flexibility index (Phi) is 5.69. The van der Waals surface area contributed by atoms with E-state index >= 15 is 0 Å². The van der Waals surface area contributed by atoms with E-state index in [1.807, 2.05) is 0 Å². The fourth-order valence-electron chi connectivity index (χ4n) is 1.20. The molecule has 0 aromatic heterocycles. The molecule has 0 saturated carbocycles. The number of benzene rings is 1. The first-order valence-corrected chi connectivity index (χ1v) is 4.18. The third-order valence-electron chi connectivity index (χ3n) is 1.86. The van der Waals surface area contributed by atoms with Gasteiger partial charge in [0.25, 0.3) is 0 Å². The largest absolute Gasteiger partial charge is 0.380 e. The average molecular weight is 220 g/mol. The minimum Gasteiger partial charge on any atom is -0.380 e. The highest BCUT2D eigenvalue weighted by Gasteiger charge is 2.07. The van der Waals surface area contributed by atoms with Gasteiger partial charge in [0.2, 0.25) is 0 Å². The molecule has 1 aromatic carbocycles. The molecule has 2 N–H and O–H groups in total. The van der Waals surface area contributed by atoms with Gasteiger partial charge in [-0.2, -0.15) is 0 Å². The second kappa shape index (κ2) is 5.96. The van der Waals surface area contributed by atoms with Gasteiger partial charge in [-0.1, -0.05) is 6.07 Å². The van der Waals surface area contributed by atoms with Gasteiger partial charge in [-0.15, -0.1) is 12.4 Å². The summed E-state index contributed by atoms with van der Waals surface area (Å²) >= 11 is 0. The quantitative estimate of drug-likeness (QED) is 0.848. The Morgan fingerprint density at radius 1 is 1.50 bits per heavy atom. The fraction of sp³-hybridized carbons (Fsp3) is 0.400. The lowest BCUT2D eigenvalue weighted by Gasteiger charge is -2.09. The third-order valence-corrected chi connectivity index (χ3v) is 1.86. The van der Waals surface area contributed by atoms with E-state index in [2.05, 4.69) is 0 Å². The van der Waals surface area contributed by atoms with Gasteiger partial charge < -0.3 is 10.5 Å². The number of hydrogen-bond acceptors (Lipinski definition) is 2. The Balaban J connectivity index is 0.00000169. The van der Waals surface area contributed by atoms with Crippen molar-refractivity contribution in [2.75, 3.05) is 7.11 Å². The Morgan fingerprint density at radius 3 is 2.64 bits per heavy atom. The van der Waals surface area contributed by atoms with E-state index < -0.39 is 0 Å². The van der Waals surface area contributed by atoms with Crippen molar-refractivity contribution in [2.24, 2.45) is 5.73 Å². The van der Waals surface area contributed by atoms with Crippen molar-refractivity contribution in [1.82, 2.24) is 0 Å². The number of hydrogen-bond donors (Lipinski definition) is 1. The first-order chi connectivity index (χ1) is 6.15. The molecule has 0 aliphatic rings. The zero-order chi connectivity index (χ0) is 9.84. The second-order valence-corrected chi connectivity index (χ2v) is 3.08. The second-order valence-electron chi connectivity index (χ2n) is 3.08. The number of nitrogens with two attached hydrogens (primary N) is 1. The molecule has 1 rings (SSSR count). The monoisotopic (exact) mass is 219 g/mol. The Labute approximate surface area is 89.7 Å². The summed E-state index contributed by atoms with van der Waals surface area (Å²) in [7, 11) is 1.61. The molecule has 0 aliphatic carbocycles. The summed E-state index contributed by atoms with van der Waals surface area (Å²) in [5.74, 6) is -0.255. The highest BCUT2D eigenvalue weighted by molar-refractivity contribution is 5.85. The maximum absolute atomic E-state index is 13.1. The van der Waals surface area contributed by atoms with Gasteiger partial charge in [0, 0.05) is 18.7 Å². The summed E-state index contributed by atoms with van der Waals surface area (Å²) in [6, 6.07) is 4.58. The standard InChI is InChI=1S/C10H14FNO.ClH/c1-7(12)9-5-8(6-13-2)3-4-10(9)11;/h3-5,7H,6,12H2,1-2H3;1H/t7-;/m0./s1. The molecule has 0 bridgehead atoms. The van der Waals surface area contributed by atoms with E-state index in [0.29, 0.717) is 12.2 Å². The lowest BCUT2D eigenvalue weighted by atomic mass is 10.1. The molecular formula is C10H15ClFNO. The minimum atomic E-state index is -0.281. The predicted octanol–water partition coefficient (Wildman–Crippen LogP) is 2.41. The Morgan fingerprint density at radius 2 is 2.14 bits per heavy atom. The summed E-state index contributed by atoms with van der Waals surface area (Å²) in [5.41, 5.74) is 7.08. The topological polar surface area (TPSA) is 35.2 Å². The van der Waals surface area contributed by atoms with Crippen LogP contribution in [-0.4, -0.2) is 7.11 Å². The summed E-state index contributed by atoms with van der Waals surface area (Å²) in [6.07, 6.45) is 0. The molecule has 1 aromatic rings. The molecule has 0 fully saturated rings. The van der Waals surface area contributed by atoms with Crippen LogP contribution >= 0.6 is 12.4 Å². The first-order valence-electron chi connectivity index (χ1n) is 4.18. The molecule has 0 amide bonds. The lowest BCUT2D eigenvalue weighted by Crippen LogP contribution is -2.08. The van der Waals surface area contributed by atoms with Gasteiger partial charge in [0.1, 0.15) is 5.82 Å². The molecule has 0 heterocycles. The molecule has 0 aliphatic heterocycles. The number of rotatable bonds is 3. The van der Waals surface area contributed by atoms with Crippen LogP contribution in [0.4, 0.5) is 4.39 Å². The van der Waals surface area contributed by atoms with Gasteiger partial charge in [0.15, 0.2) is 0 Å². The van der Waals surface area contributed by atoms with E-state index in [9.17, 15) is 4.39 Å². The van der Waals surface area contributed by atoms with Crippen LogP contribution < -0.4 is 5.73 Å². The molecule has 4 heteroatoms. The Hall–Kier alpha value is -0.640. The van der Waals surface area contributed by atoms with Crippen LogP contribution in [0.2, 0.25) is 0 Å². The van der Waals surface area contributed by atoms with E-state index in [1.54, 1.807) is 26.2 Å². The van der Waals surface area contributed by atoms with E-state index in [1.165, 1.54) is 6.07 Å². The normalized spacial score (nSPS) is 12.0. The summed E-state index contributed by atoms with van der Waals surface area (Å²) < 4.78 is 18.1. The maximum atomic E-state index is 13.1. The molecule has 0 saturated heterocycles. The van der Waals surface area contributed by atoms with Gasteiger partial charge in [-0.3, -0.25) is 0 Å². The van der Waals surface area contributed by atoms with Crippen LogP contribution in [0.1, 0.15) is 24.1 Å². The Bertz CT molecular complexity index is 291. The molecule has 14 heavy (non-hydrogen) atoms. The smallest absolute Gasteiger partial charge is 0.127 e. The molecule has 0 spiro atoms. The summed E-state index contributed by atoms with van der Waals surface area (Å²) in [4.78, 5) is 0. The van der Waals surface area contributed by atoms with Gasteiger partial charge in [-0.05, 0) is 24.6 Å². The van der Waals surface area contributed by atoms with Crippen molar-refractivity contribution in [2.45, 2.75) is 19.6 Å². The predicted molar refractivity (Wildman–Crippen MR) is 57.0 cm³/mol. The van der Waals surface area contributed by atoms with Gasteiger partial charge in [-0.25, -0.2) is 4.39 Å². The molecular weight excluding hydrogens is 205 g/mol. The highest BCUT2D eigenvalue weighted by Crippen LogP contribution is 2.16. The summed E-state index contributed by atoms with van der Waals surface area (Å²) in [6.45, 7) is 2.25. The van der Waals surface area contributed by atoms with Crippen LogP contribution in [0.15, 0.2) is 18.2 Å². The SMILES string of the molecule is COCc1ccc(F)c([C@H](C)N)c1.Cl. The van der Waals surface area contributed by atoms with E-state index in [4.69, 9.17) is 10.5 Å². The maximum Gasteiger partial charge on any atom is 0.127 e.